The van der Waals surface area contributed by atoms with Gasteiger partial charge >= 0.3 is 0 Å². The molecular formula is C11H22N2O. The van der Waals surface area contributed by atoms with E-state index < -0.39 is 0 Å². The van der Waals surface area contributed by atoms with E-state index in [9.17, 15) is 4.79 Å². The lowest BCUT2D eigenvalue weighted by molar-refractivity contribution is -0.146. The lowest BCUT2D eigenvalue weighted by atomic mass is 10.0. The van der Waals surface area contributed by atoms with E-state index >= 15 is 0 Å². The molecule has 0 aliphatic carbocycles. The molecule has 0 bridgehead atoms. The largest absolute Gasteiger partial charge is 0.273 e. The van der Waals surface area contributed by atoms with Gasteiger partial charge < -0.3 is 0 Å². The van der Waals surface area contributed by atoms with Crippen molar-refractivity contribution in [1.82, 2.24) is 10.0 Å². The van der Waals surface area contributed by atoms with Gasteiger partial charge in [0.25, 0.3) is 0 Å². The Kier molecular flexibility index (Phi) is 3.20. The zero-order chi connectivity index (χ0) is 11.0. The molecule has 14 heavy (non-hydrogen) atoms. The molecular weight excluding hydrogens is 176 g/mol. The SMILES string of the molecule is CC1C(=O)N(C(C)C)N(C(C)C)C1C. The lowest BCUT2D eigenvalue weighted by Gasteiger charge is -2.36. The highest BCUT2D eigenvalue weighted by Gasteiger charge is 2.43. The molecule has 1 heterocycles. The highest BCUT2D eigenvalue weighted by molar-refractivity contribution is 5.81. The van der Waals surface area contributed by atoms with Gasteiger partial charge in [-0.05, 0) is 34.6 Å². The number of amides is 1. The molecule has 0 aromatic rings. The van der Waals surface area contributed by atoms with Gasteiger partial charge in [0, 0.05) is 18.1 Å². The van der Waals surface area contributed by atoms with Crippen LogP contribution in [0.1, 0.15) is 41.5 Å². The van der Waals surface area contributed by atoms with Crippen molar-refractivity contribution in [3.63, 3.8) is 0 Å². The van der Waals surface area contributed by atoms with Crippen molar-refractivity contribution in [2.75, 3.05) is 0 Å². The maximum Gasteiger partial charge on any atom is 0.241 e. The van der Waals surface area contributed by atoms with Crippen LogP contribution < -0.4 is 0 Å². The van der Waals surface area contributed by atoms with Crippen LogP contribution in [0.3, 0.4) is 0 Å². The quantitative estimate of drug-likeness (QED) is 0.676. The smallest absolute Gasteiger partial charge is 0.241 e. The number of rotatable bonds is 2. The summed E-state index contributed by atoms with van der Waals surface area (Å²) in [4.78, 5) is 12.0. The molecule has 3 nitrogen and oxygen atoms in total. The predicted molar refractivity (Wildman–Crippen MR) is 57.6 cm³/mol. The summed E-state index contributed by atoms with van der Waals surface area (Å²) < 4.78 is 0. The Morgan fingerprint density at radius 2 is 1.57 bits per heavy atom. The van der Waals surface area contributed by atoms with Crippen molar-refractivity contribution in [3.05, 3.63) is 0 Å². The first kappa shape index (κ1) is 11.5. The maximum absolute atomic E-state index is 12.0. The third-order valence-corrected chi connectivity index (χ3v) is 3.02. The van der Waals surface area contributed by atoms with E-state index in [1.807, 2.05) is 11.9 Å². The second-order valence-corrected chi connectivity index (χ2v) is 4.78. The number of carbonyl (C=O) groups excluding carboxylic acids is 1. The highest BCUT2D eigenvalue weighted by Crippen LogP contribution is 2.28. The van der Waals surface area contributed by atoms with E-state index in [0.29, 0.717) is 12.1 Å². The number of carbonyl (C=O) groups is 1. The first-order chi connectivity index (χ1) is 6.37. The Balaban J connectivity index is 2.95. The maximum atomic E-state index is 12.0. The van der Waals surface area contributed by atoms with E-state index in [1.54, 1.807) is 0 Å². The van der Waals surface area contributed by atoms with Gasteiger partial charge in [-0.3, -0.25) is 9.80 Å². The van der Waals surface area contributed by atoms with Gasteiger partial charge in [-0.25, -0.2) is 5.01 Å². The van der Waals surface area contributed by atoms with Crippen LogP contribution in [0.25, 0.3) is 0 Å². The van der Waals surface area contributed by atoms with Gasteiger partial charge in [0.05, 0.1) is 5.92 Å². The number of hydrazine groups is 1. The van der Waals surface area contributed by atoms with Gasteiger partial charge in [-0.15, -0.1) is 0 Å². The predicted octanol–water partition coefficient (Wildman–Crippen LogP) is 1.89. The third kappa shape index (κ3) is 1.65. The Bertz CT molecular complexity index is 225. The molecule has 0 N–H and O–H groups in total. The fraction of sp³-hybridized carbons (Fsp3) is 0.909. The molecule has 82 valence electrons. The normalized spacial score (nSPS) is 29.7. The summed E-state index contributed by atoms with van der Waals surface area (Å²) in [5, 5.41) is 4.12. The molecule has 1 amide bonds. The Morgan fingerprint density at radius 3 is 1.86 bits per heavy atom. The summed E-state index contributed by atoms with van der Waals surface area (Å²) in [5.74, 6) is 0.390. The van der Waals surface area contributed by atoms with Crippen LogP contribution in [-0.2, 0) is 4.79 Å². The van der Waals surface area contributed by atoms with Crippen LogP contribution in [0.4, 0.5) is 0 Å². The van der Waals surface area contributed by atoms with Crippen molar-refractivity contribution in [2.45, 2.75) is 59.7 Å². The molecule has 3 heteroatoms. The van der Waals surface area contributed by atoms with Gasteiger partial charge in [0.15, 0.2) is 0 Å². The van der Waals surface area contributed by atoms with Gasteiger partial charge in [-0.1, -0.05) is 6.92 Å². The highest BCUT2D eigenvalue weighted by atomic mass is 16.2. The summed E-state index contributed by atoms with van der Waals surface area (Å²) in [6, 6.07) is 0.975. The molecule has 0 radical (unpaired) electrons. The second kappa shape index (κ2) is 3.89. The van der Waals surface area contributed by atoms with E-state index in [2.05, 4.69) is 39.6 Å². The molecule has 1 fully saturated rings. The second-order valence-electron chi connectivity index (χ2n) is 4.78. The average Bonchev–Trinajstić information content (AvgIpc) is 2.29. The van der Waals surface area contributed by atoms with Crippen LogP contribution in [-0.4, -0.2) is 34.1 Å². The monoisotopic (exact) mass is 198 g/mol. The number of hydrogen-bond acceptors (Lipinski definition) is 2. The van der Waals surface area contributed by atoms with Crippen LogP contribution in [0.2, 0.25) is 0 Å². The van der Waals surface area contributed by atoms with E-state index in [0.717, 1.165) is 0 Å². The average molecular weight is 198 g/mol. The number of hydrogen-bond donors (Lipinski definition) is 0. The van der Waals surface area contributed by atoms with Crippen LogP contribution in [0, 0.1) is 5.92 Å². The zero-order valence-corrected chi connectivity index (χ0v) is 10.1. The molecule has 0 spiro atoms. The first-order valence-corrected chi connectivity index (χ1v) is 5.49. The van der Waals surface area contributed by atoms with Gasteiger partial charge in [0.2, 0.25) is 5.91 Å². The first-order valence-electron chi connectivity index (χ1n) is 5.49. The molecule has 1 rings (SSSR count). The van der Waals surface area contributed by atoms with Crippen molar-refractivity contribution in [3.8, 4) is 0 Å². The van der Waals surface area contributed by atoms with Gasteiger partial charge in [-0.2, -0.15) is 0 Å². The standard InChI is InChI=1S/C11H22N2O/c1-7(2)12-10(6)9(5)11(14)13(12)8(3)4/h7-10H,1-6H3. The minimum Gasteiger partial charge on any atom is -0.273 e. The summed E-state index contributed by atoms with van der Waals surface area (Å²) in [6.45, 7) is 12.6. The third-order valence-electron chi connectivity index (χ3n) is 3.02. The van der Waals surface area contributed by atoms with Crippen molar-refractivity contribution >= 4 is 5.91 Å². The van der Waals surface area contributed by atoms with Crippen molar-refractivity contribution < 1.29 is 4.79 Å². The molecule has 1 saturated heterocycles. The van der Waals surface area contributed by atoms with Gasteiger partial charge in [0.1, 0.15) is 0 Å². The fourth-order valence-corrected chi connectivity index (χ4v) is 2.19. The van der Waals surface area contributed by atoms with Crippen LogP contribution in [0.5, 0.6) is 0 Å². The molecule has 0 aromatic carbocycles. The fourth-order valence-electron chi connectivity index (χ4n) is 2.19. The molecule has 2 unspecified atom stereocenters. The number of nitrogens with zero attached hydrogens (tertiary/aromatic N) is 2. The van der Waals surface area contributed by atoms with E-state index in [1.165, 1.54) is 0 Å². The lowest BCUT2D eigenvalue weighted by Crippen LogP contribution is -2.49. The zero-order valence-electron chi connectivity index (χ0n) is 10.1. The Labute approximate surface area is 87.0 Å². The molecule has 0 aromatic heterocycles. The minimum absolute atomic E-state index is 0.125. The summed E-state index contributed by atoms with van der Waals surface area (Å²) in [6.07, 6.45) is 0. The van der Waals surface area contributed by atoms with Crippen molar-refractivity contribution in [2.24, 2.45) is 5.92 Å². The minimum atomic E-state index is 0.125. The van der Waals surface area contributed by atoms with Crippen LogP contribution >= 0.6 is 0 Å². The van der Waals surface area contributed by atoms with E-state index in [4.69, 9.17) is 0 Å². The Morgan fingerprint density at radius 1 is 1.07 bits per heavy atom. The molecule has 2 atom stereocenters. The topological polar surface area (TPSA) is 23.6 Å². The summed E-state index contributed by atoms with van der Waals surface area (Å²) >= 11 is 0. The summed E-state index contributed by atoms with van der Waals surface area (Å²) in [5.41, 5.74) is 0. The Hall–Kier alpha value is -0.570. The molecule has 1 aliphatic heterocycles. The summed E-state index contributed by atoms with van der Waals surface area (Å²) in [7, 11) is 0. The molecule has 1 aliphatic rings. The van der Waals surface area contributed by atoms with Crippen LogP contribution in [0.15, 0.2) is 0 Å². The van der Waals surface area contributed by atoms with Crippen molar-refractivity contribution in [1.29, 1.82) is 0 Å². The van der Waals surface area contributed by atoms with E-state index in [-0.39, 0.29) is 17.9 Å². The molecule has 0 saturated carbocycles.